The van der Waals surface area contributed by atoms with E-state index < -0.39 is 0 Å². The minimum atomic E-state index is 0.680. The monoisotopic (exact) mass is 294 g/mol. The van der Waals surface area contributed by atoms with Crippen LogP contribution in [0.15, 0.2) is 59.1 Å². The molecule has 0 fully saturated rings. The topological polar surface area (TPSA) is 45.0 Å². The molecule has 1 aliphatic rings. The van der Waals surface area contributed by atoms with Gasteiger partial charge in [0.05, 0.1) is 18.4 Å². The molecule has 2 aromatic rings. The minimum Gasteiger partial charge on any atom is -0.497 e. The SMILES string of the molecule is COc1ccc(/C(C#N)=C2/CSc3ccccc3N2)cc1. The first-order valence-electron chi connectivity index (χ1n) is 6.58. The van der Waals surface area contributed by atoms with Gasteiger partial charge in [0.25, 0.3) is 0 Å². The third-order valence-electron chi connectivity index (χ3n) is 3.34. The van der Waals surface area contributed by atoms with Crippen LogP contribution in [0.2, 0.25) is 0 Å². The summed E-state index contributed by atoms with van der Waals surface area (Å²) >= 11 is 1.75. The Bertz CT molecular complexity index is 729. The molecule has 0 bridgehead atoms. The zero-order valence-corrected chi connectivity index (χ0v) is 12.4. The lowest BCUT2D eigenvalue weighted by atomic mass is 10.0. The van der Waals surface area contributed by atoms with Crippen LogP contribution in [0.3, 0.4) is 0 Å². The fourth-order valence-electron chi connectivity index (χ4n) is 2.24. The number of methoxy groups -OCH3 is 1. The Kier molecular flexibility index (Phi) is 3.85. The van der Waals surface area contributed by atoms with Gasteiger partial charge in [-0.15, -0.1) is 11.8 Å². The fourth-order valence-corrected chi connectivity index (χ4v) is 3.21. The molecule has 4 heteroatoms. The highest BCUT2D eigenvalue weighted by molar-refractivity contribution is 7.99. The van der Waals surface area contributed by atoms with Crippen molar-refractivity contribution in [1.82, 2.24) is 0 Å². The van der Waals surface area contributed by atoms with E-state index in [1.54, 1.807) is 18.9 Å². The second kappa shape index (κ2) is 5.94. The van der Waals surface area contributed by atoms with Gasteiger partial charge in [-0.2, -0.15) is 5.26 Å². The number of allylic oxidation sites excluding steroid dienone is 1. The first-order chi connectivity index (χ1) is 10.3. The number of nitrogens with one attached hydrogen (secondary N) is 1. The summed E-state index contributed by atoms with van der Waals surface area (Å²) in [6.45, 7) is 0. The van der Waals surface area contributed by atoms with Gasteiger partial charge in [-0.25, -0.2) is 0 Å². The summed E-state index contributed by atoms with van der Waals surface area (Å²) in [5, 5.41) is 12.9. The summed E-state index contributed by atoms with van der Waals surface area (Å²) in [4.78, 5) is 1.22. The number of para-hydroxylation sites is 1. The molecule has 0 spiro atoms. The second-order valence-electron chi connectivity index (χ2n) is 4.60. The molecule has 0 aliphatic carbocycles. The lowest BCUT2D eigenvalue weighted by Crippen LogP contribution is -2.10. The van der Waals surface area contributed by atoms with Crippen molar-refractivity contribution in [3.8, 4) is 11.8 Å². The van der Waals surface area contributed by atoms with Crippen LogP contribution in [0.1, 0.15) is 5.56 Å². The number of fused-ring (bicyclic) bond motifs is 1. The number of nitrogens with zero attached hydrogens (tertiary/aromatic N) is 1. The number of benzene rings is 2. The first kappa shape index (κ1) is 13.6. The molecule has 0 unspecified atom stereocenters. The Hall–Kier alpha value is -2.38. The Morgan fingerprint density at radius 1 is 1.19 bits per heavy atom. The number of hydrogen-bond donors (Lipinski definition) is 1. The van der Waals surface area contributed by atoms with E-state index in [1.165, 1.54) is 4.90 Å². The molecule has 3 rings (SSSR count). The lowest BCUT2D eigenvalue weighted by Gasteiger charge is -2.21. The van der Waals surface area contributed by atoms with Crippen molar-refractivity contribution >= 4 is 23.0 Å². The molecule has 0 saturated carbocycles. The van der Waals surface area contributed by atoms with Crippen LogP contribution in [-0.2, 0) is 0 Å². The molecule has 1 heterocycles. The number of thioether (sulfide) groups is 1. The van der Waals surface area contributed by atoms with Gasteiger partial charge in [-0.3, -0.25) is 0 Å². The van der Waals surface area contributed by atoms with E-state index >= 15 is 0 Å². The highest BCUT2D eigenvalue weighted by atomic mass is 32.2. The number of nitriles is 1. The summed E-state index contributed by atoms with van der Waals surface area (Å²) in [5.74, 6) is 1.56. The van der Waals surface area contributed by atoms with E-state index in [0.717, 1.165) is 28.5 Å². The van der Waals surface area contributed by atoms with Crippen LogP contribution in [-0.4, -0.2) is 12.9 Å². The normalized spacial score (nSPS) is 15.4. The van der Waals surface area contributed by atoms with Gasteiger partial charge in [-0.05, 0) is 42.0 Å². The minimum absolute atomic E-state index is 0.680. The largest absolute Gasteiger partial charge is 0.497 e. The molecule has 0 amide bonds. The maximum Gasteiger partial charge on any atom is 0.118 e. The van der Waals surface area contributed by atoms with Gasteiger partial charge in [0.2, 0.25) is 0 Å². The van der Waals surface area contributed by atoms with Gasteiger partial charge >= 0.3 is 0 Å². The zero-order chi connectivity index (χ0) is 14.7. The predicted molar refractivity (Wildman–Crippen MR) is 86.3 cm³/mol. The van der Waals surface area contributed by atoms with E-state index in [-0.39, 0.29) is 0 Å². The molecule has 0 atom stereocenters. The fraction of sp³-hybridized carbons (Fsp3) is 0.118. The molecule has 0 aromatic heterocycles. The van der Waals surface area contributed by atoms with Crippen LogP contribution < -0.4 is 10.1 Å². The number of anilines is 1. The molecule has 1 aliphatic heterocycles. The van der Waals surface area contributed by atoms with Crippen molar-refractivity contribution < 1.29 is 4.74 Å². The highest BCUT2D eigenvalue weighted by Gasteiger charge is 2.17. The molecule has 0 saturated heterocycles. The Labute approximate surface area is 128 Å². The van der Waals surface area contributed by atoms with E-state index in [1.807, 2.05) is 42.5 Å². The third kappa shape index (κ3) is 2.74. The smallest absolute Gasteiger partial charge is 0.118 e. The van der Waals surface area contributed by atoms with Gasteiger partial charge in [0.15, 0.2) is 0 Å². The molecular weight excluding hydrogens is 280 g/mol. The molecule has 3 nitrogen and oxygen atoms in total. The summed E-state index contributed by atoms with van der Waals surface area (Å²) in [5.41, 5.74) is 3.59. The van der Waals surface area contributed by atoms with Gasteiger partial charge in [0.1, 0.15) is 11.8 Å². The van der Waals surface area contributed by atoms with Crippen LogP contribution in [0.5, 0.6) is 5.75 Å². The molecule has 1 N–H and O–H groups in total. The van der Waals surface area contributed by atoms with Gasteiger partial charge in [-0.1, -0.05) is 12.1 Å². The summed E-state index contributed by atoms with van der Waals surface area (Å²) in [6.07, 6.45) is 0. The summed E-state index contributed by atoms with van der Waals surface area (Å²) in [6, 6.07) is 18.0. The van der Waals surface area contributed by atoms with Gasteiger partial charge < -0.3 is 10.1 Å². The van der Waals surface area contributed by atoms with Crippen molar-refractivity contribution in [2.45, 2.75) is 4.90 Å². The van der Waals surface area contributed by atoms with E-state index in [0.29, 0.717) is 5.57 Å². The number of ether oxygens (including phenoxy) is 1. The second-order valence-corrected chi connectivity index (χ2v) is 5.62. The Balaban J connectivity index is 1.97. The van der Waals surface area contributed by atoms with E-state index in [2.05, 4.69) is 17.5 Å². The Morgan fingerprint density at radius 2 is 1.95 bits per heavy atom. The highest BCUT2D eigenvalue weighted by Crippen LogP contribution is 2.36. The quantitative estimate of drug-likeness (QED) is 0.845. The van der Waals surface area contributed by atoms with Crippen LogP contribution in [0.25, 0.3) is 5.57 Å². The van der Waals surface area contributed by atoms with Crippen molar-refractivity contribution in [3.05, 3.63) is 59.8 Å². The van der Waals surface area contributed by atoms with E-state index in [4.69, 9.17) is 4.74 Å². The number of rotatable bonds is 2. The van der Waals surface area contributed by atoms with Crippen molar-refractivity contribution in [1.29, 1.82) is 5.26 Å². The van der Waals surface area contributed by atoms with Crippen molar-refractivity contribution in [3.63, 3.8) is 0 Å². The third-order valence-corrected chi connectivity index (χ3v) is 4.44. The van der Waals surface area contributed by atoms with Gasteiger partial charge in [0, 0.05) is 16.3 Å². The molecule has 2 aromatic carbocycles. The maximum atomic E-state index is 9.52. The molecule has 21 heavy (non-hydrogen) atoms. The van der Waals surface area contributed by atoms with Crippen molar-refractivity contribution in [2.24, 2.45) is 0 Å². The summed E-state index contributed by atoms with van der Waals surface area (Å²) in [7, 11) is 1.63. The average molecular weight is 294 g/mol. The Morgan fingerprint density at radius 3 is 2.67 bits per heavy atom. The molecule has 0 radical (unpaired) electrons. The first-order valence-corrected chi connectivity index (χ1v) is 7.57. The van der Waals surface area contributed by atoms with Crippen LogP contribution in [0, 0.1) is 11.3 Å². The maximum absolute atomic E-state index is 9.52. The standard InChI is InChI=1S/C17H14N2OS/c1-20-13-8-6-12(7-9-13)14(10-18)16-11-21-17-5-3-2-4-15(17)19-16/h2-9,19H,11H2,1H3/b16-14-. The molecule has 104 valence electrons. The predicted octanol–water partition coefficient (Wildman–Crippen LogP) is 4.15. The zero-order valence-electron chi connectivity index (χ0n) is 11.6. The summed E-state index contributed by atoms with van der Waals surface area (Å²) < 4.78 is 5.16. The van der Waals surface area contributed by atoms with Crippen LogP contribution >= 0.6 is 11.8 Å². The molecular formula is C17H14N2OS. The van der Waals surface area contributed by atoms with Crippen molar-refractivity contribution in [2.75, 3.05) is 18.2 Å². The lowest BCUT2D eigenvalue weighted by molar-refractivity contribution is 0.415. The van der Waals surface area contributed by atoms with Crippen LogP contribution in [0.4, 0.5) is 5.69 Å². The number of hydrogen-bond acceptors (Lipinski definition) is 4. The average Bonchev–Trinajstić information content (AvgIpc) is 2.56. The van der Waals surface area contributed by atoms with E-state index in [9.17, 15) is 5.26 Å².